The van der Waals surface area contributed by atoms with Gasteiger partial charge in [0, 0.05) is 11.8 Å². The van der Waals surface area contributed by atoms with Crippen molar-refractivity contribution in [3.8, 4) is 0 Å². The fourth-order valence-corrected chi connectivity index (χ4v) is 3.23. The van der Waals surface area contributed by atoms with Crippen molar-refractivity contribution >= 4 is 28.3 Å². The summed E-state index contributed by atoms with van der Waals surface area (Å²) in [7, 11) is 0. The minimum Gasteiger partial charge on any atom is -0.375 e. The lowest BCUT2D eigenvalue weighted by Crippen LogP contribution is -2.50. The van der Waals surface area contributed by atoms with Gasteiger partial charge in [0.2, 0.25) is 11.8 Å². The molecule has 22 heavy (non-hydrogen) atoms. The van der Waals surface area contributed by atoms with Crippen LogP contribution in [0, 0.1) is 5.41 Å². The van der Waals surface area contributed by atoms with Crippen molar-refractivity contribution in [2.45, 2.75) is 45.4 Å². The second kappa shape index (κ2) is 7.03. The van der Waals surface area contributed by atoms with E-state index in [0.29, 0.717) is 17.2 Å². The van der Waals surface area contributed by atoms with Gasteiger partial charge in [-0.25, -0.2) is 16.7 Å². The molecule has 0 bridgehead atoms. The van der Waals surface area contributed by atoms with Crippen molar-refractivity contribution in [1.82, 2.24) is 15.8 Å². The summed E-state index contributed by atoms with van der Waals surface area (Å²) in [6.07, 6.45) is 0.779. The van der Waals surface area contributed by atoms with Gasteiger partial charge in [0.15, 0.2) is 5.13 Å². The van der Waals surface area contributed by atoms with Crippen LogP contribution >= 0.6 is 11.3 Å². The molecule has 0 aliphatic carbocycles. The Morgan fingerprint density at radius 2 is 1.91 bits per heavy atom. The van der Waals surface area contributed by atoms with E-state index >= 15 is 0 Å². The van der Waals surface area contributed by atoms with Crippen LogP contribution in [0.5, 0.6) is 0 Å². The summed E-state index contributed by atoms with van der Waals surface area (Å²) in [4.78, 5) is 28.3. The van der Waals surface area contributed by atoms with Gasteiger partial charge in [-0.05, 0) is 18.3 Å². The summed E-state index contributed by atoms with van der Waals surface area (Å²) in [6.45, 7) is 6.01. The van der Waals surface area contributed by atoms with Crippen LogP contribution in [0.4, 0.5) is 5.13 Å². The Morgan fingerprint density at radius 1 is 1.27 bits per heavy atom. The first kappa shape index (κ1) is 18.3. The highest BCUT2D eigenvalue weighted by Crippen LogP contribution is 2.41. The van der Waals surface area contributed by atoms with Crippen LogP contribution in [0.15, 0.2) is 5.38 Å². The number of thiazole rings is 1. The molecule has 1 aromatic heterocycles. The van der Waals surface area contributed by atoms with Crippen LogP contribution in [-0.4, -0.2) is 16.8 Å². The Labute approximate surface area is 133 Å². The Kier molecular flexibility index (Phi) is 5.86. The third kappa shape index (κ3) is 4.39. The zero-order valence-electron chi connectivity index (χ0n) is 13.1. The standard InChI is InChI=1S/C13H24N6O2S/c1-12(2,3)7-13(10(21)19-16,5-4-9(20)18-15)8-6-22-11(14)17-8/h6H,4-5,7,15-16H2,1-3H3,(H2,14,17)(H,18,20)(H,19,21)/t13-/m0/s1. The number of hydrogen-bond donors (Lipinski definition) is 5. The Bertz CT molecular complexity index is 539. The molecule has 0 aliphatic heterocycles. The molecule has 1 atom stereocenters. The van der Waals surface area contributed by atoms with E-state index in [1.807, 2.05) is 20.8 Å². The van der Waals surface area contributed by atoms with Gasteiger partial charge in [0.05, 0.1) is 11.1 Å². The number of hydrazine groups is 2. The molecule has 9 heteroatoms. The third-order valence-electron chi connectivity index (χ3n) is 3.35. The van der Waals surface area contributed by atoms with Crippen LogP contribution in [0.2, 0.25) is 0 Å². The lowest BCUT2D eigenvalue weighted by Gasteiger charge is -2.36. The number of nitrogens with zero attached hydrogens (tertiary/aromatic N) is 1. The number of rotatable bonds is 6. The van der Waals surface area contributed by atoms with E-state index < -0.39 is 11.3 Å². The zero-order chi connectivity index (χ0) is 17.0. The average molecular weight is 328 g/mol. The minimum atomic E-state index is -1.03. The van der Waals surface area contributed by atoms with E-state index in [0.717, 1.165) is 0 Å². The fraction of sp³-hybridized carbons (Fsp3) is 0.615. The molecular formula is C13H24N6O2S. The van der Waals surface area contributed by atoms with Gasteiger partial charge in [0.1, 0.15) is 0 Å². The van der Waals surface area contributed by atoms with Crippen molar-refractivity contribution in [2.75, 3.05) is 5.73 Å². The maximum Gasteiger partial charge on any atom is 0.246 e. The Hall–Kier alpha value is -1.71. The van der Waals surface area contributed by atoms with Crippen molar-refractivity contribution in [1.29, 1.82) is 0 Å². The molecule has 0 radical (unpaired) electrons. The molecule has 1 heterocycles. The highest BCUT2D eigenvalue weighted by molar-refractivity contribution is 7.13. The third-order valence-corrected chi connectivity index (χ3v) is 4.02. The summed E-state index contributed by atoms with van der Waals surface area (Å²) in [6, 6.07) is 0. The first-order valence-corrected chi connectivity index (χ1v) is 7.74. The van der Waals surface area contributed by atoms with Crippen LogP contribution in [0.1, 0.15) is 45.7 Å². The van der Waals surface area contributed by atoms with Crippen molar-refractivity contribution in [3.63, 3.8) is 0 Å². The lowest BCUT2D eigenvalue weighted by atomic mass is 9.69. The SMILES string of the molecule is CC(C)(C)C[C@](CCC(=O)NN)(C(=O)NN)c1csc(N)n1. The summed E-state index contributed by atoms with van der Waals surface area (Å²) in [5.41, 5.74) is 9.28. The highest BCUT2D eigenvalue weighted by atomic mass is 32.1. The molecule has 8 nitrogen and oxygen atoms in total. The maximum absolute atomic E-state index is 12.5. The van der Waals surface area contributed by atoms with Gasteiger partial charge < -0.3 is 5.73 Å². The van der Waals surface area contributed by atoms with E-state index in [1.54, 1.807) is 5.38 Å². The molecule has 0 saturated carbocycles. The summed E-state index contributed by atoms with van der Waals surface area (Å²) in [5, 5.41) is 2.10. The number of aromatic nitrogens is 1. The quantitative estimate of drug-likeness (QED) is 0.285. The molecule has 8 N–H and O–H groups in total. The Balaban J connectivity index is 3.29. The largest absolute Gasteiger partial charge is 0.375 e. The zero-order valence-corrected chi connectivity index (χ0v) is 13.9. The lowest BCUT2D eigenvalue weighted by molar-refractivity contribution is -0.129. The first-order valence-electron chi connectivity index (χ1n) is 6.86. The van der Waals surface area contributed by atoms with Crippen LogP contribution in [0.3, 0.4) is 0 Å². The summed E-state index contributed by atoms with van der Waals surface area (Å²) < 4.78 is 0. The minimum absolute atomic E-state index is 0.0808. The van der Waals surface area contributed by atoms with E-state index in [1.165, 1.54) is 11.3 Å². The first-order chi connectivity index (χ1) is 10.1. The predicted octanol–water partition coefficient (Wildman–Crippen LogP) is 0.159. The van der Waals surface area contributed by atoms with Crippen molar-refractivity contribution in [2.24, 2.45) is 17.1 Å². The molecular weight excluding hydrogens is 304 g/mol. The van der Waals surface area contributed by atoms with Crippen molar-refractivity contribution < 1.29 is 9.59 Å². The van der Waals surface area contributed by atoms with Gasteiger partial charge in [-0.2, -0.15) is 0 Å². The molecule has 0 saturated heterocycles. The topological polar surface area (TPSA) is 149 Å². The molecule has 0 unspecified atom stereocenters. The van der Waals surface area contributed by atoms with Crippen LogP contribution in [-0.2, 0) is 15.0 Å². The number of nitrogens with one attached hydrogen (secondary N) is 2. The number of nitrogens with two attached hydrogens (primary N) is 3. The average Bonchev–Trinajstić information content (AvgIpc) is 2.87. The monoisotopic (exact) mass is 328 g/mol. The Morgan fingerprint density at radius 3 is 2.32 bits per heavy atom. The molecule has 0 aromatic carbocycles. The number of nitrogen functional groups attached to an aromatic ring is 1. The number of carbonyl (C=O) groups is 2. The van der Waals surface area contributed by atoms with Gasteiger partial charge in [-0.15, -0.1) is 11.3 Å². The molecule has 0 spiro atoms. The van der Waals surface area contributed by atoms with Gasteiger partial charge in [-0.3, -0.25) is 20.4 Å². The molecule has 0 fully saturated rings. The molecule has 1 aromatic rings. The highest BCUT2D eigenvalue weighted by Gasteiger charge is 2.44. The molecule has 124 valence electrons. The molecule has 1 rings (SSSR count). The second-order valence-corrected chi connectivity index (χ2v) is 7.32. The van der Waals surface area contributed by atoms with E-state index in [2.05, 4.69) is 15.8 Å². The number of carbonyl (C=O) groups excluding carboxylic acids is 2. The maximum atomic E-state index is 12.5. The van der Waals surface area contributed by atoms with Crippen LogP contribution in [0.25, 0.3) is 0 Å². The summed E-state index contributed by atoms with van der Waals surface area (Å²) in [5.74, 6) is 9.75. The summed E-state index contributed by atoms with van der Waals surface area (Å²) >= 11 is 1.25. The molecule has 0 aliphatic rings. The van der Waals surface area contributed by atoms with E-state index in [4.69, 9.17) is 17.4 Å². The molecule has 2 amide bonds. The van der Waals surface area contributed by atoms with Gasteiger partial charge >= 0.3 is 0 Å². The van der Waals surface area contributed by atoms with Crippen molar-refractivity contribution in [3.05, 3.63) is 11.1 Å². The van der Waals surface area contributed by atoms with Gasteiger partial charge in [-0.1, -0.05) is 20.8 Å². The fourth-order valence-electron chi connectivity index (χ4n) is 2.57. The van der Waals surface area contributed by atoms with Gasteiger partial charge in [0.25, 0.3) is 0 Å². The van der Waals surface area contributed by atoms with E-state index in [-0.39, 0.29) is 24.2 Å². The number of anilines is 1. The smallest absolute Gasteiger partial charge is 0.246 e. The van der Waals surface area contributed by atoms with E-state index in [9.17, 15) is 9.59 Å². The normalized spacial score (nSPS) is 14.2. The number of amides is 2. The predicted molar refractivity (Wildman–Crippen MR) is 86.2 cm³/mol. The van der Waals surface area contributed by atoms with Crippen LogP contribution < -0.4 is 28.3 Å². The second-order valence-electron chi connectivity index (χ2n) is 6.43. The number of hydrogen-bond acceptors (Lipinski definition) is 7.